The number of benzene rings is 1. The predicted octanol–water partition coefficient (Wildman–Crippen LogP) is 1.52. The topological polar surface area (TPSA) is 68.9 Å². The average Bonchev–Trinajstić information content (AvgIpc) is 3.26. The van der Waals surface area contributed by atoms with E-state index in [0.717, 1.165) is 23.8 Å². The first-order valence-corrected chi connectivity index (χ1v) is 6.47. The summed E-state index contributed by atoms with van der Waals surface area (Å²) in [4.78, 5) is 4.31. The Morgan fingerprint density at radius 1 is 1.32 bits per heavy atom. The van der Waals surface area contributed by atoms with Gasteiger partial charge in [0.2, 0.25) is 0 Å². The molecule has 2 rings (SSSR count). The molecule has 1 aromatic rings. The highest BCUT2D eigenvalue weighted by atomic mass is 16.5. The Morgan fingerprint density at radius 2 is 2.05 bits per heavy atom. The molecule has 0 spiro atoms. The normalized spacial score (nSPS) is 15.2. The number of rotatable bonds is 6. The Balaban J connectivity index is 1.92. The average molecular weight is 263 g/mol. The zero-order chi connectivity index (χ0) is 13.7. The number of guanidine groups is 1. The van der Waals surface area contributed by atoms with Gasteiger partial charge in [0.1, 0.15) is 0 Å². The Bertz CT molecular complexity index is 456. The van der Waals surface area contributed by atoms with E-state index in [1.165, 1.54) is 12.8 Å². The first kappa shape index (κ1) is 13.5. The molecule has 5 nitrogen and oxygen atoms in total. The van der Waals surface area contributed by atoms with Crippen LogP contribution in [0.25, 0.3) is 0 Å². The van der Waals surface area contributed by atoms with Crippen molar-refractivity contribution in [2.45, 2.75) is 19.4 Å². The molecule has 1 aliphatic rings. The van der Waals surface area contributed by atoms with E-state index < -0.39 is 0 Å². The molecule has 19 heavy (non-hydrogen) atoms. The highest BCUT2D eigenvalue weighted by molar-refractivity contribution is 5.77. The van der Waals surface area contributed by atoms with Gasteiger partial charge in [0, 0.05) is 6.54 Å². The van der Waals surface area contributed by atoms with Gasteiger partial charge in [-0.15, -0.1) is 0 Å². The van der Waals surface area contributed by atoms with Gasteiger partial charge in [0.05, 0.1) is 20.8 Å². The quantitative estimate of drug-likeness (QED) is 0.603. The van der Waals surface area contributed by atoms with E-state index in [0.29, 0.717) is 18.3 Å². The lowest BCUT2D eigenvalue weighted by molar-refractivity contribution is 0.354. The predicted molar refractivity (Wildman–Crippen MR) is 75.6 cm³/mol. The van der Waals surface area contributed by atoms with Crippen molar-refractivity contribution in [3.8, 4) is 11.5 Å². The smallest absolute Gasteiger partial charge is 0.188 e. The molecule has 1 aliphatic carbocycles. The van der Waals surface area contributed by atoms with E-state index in [-0.39, 0.29) is 0 Å². The van der Waals surface area contributed by atoms with E-state index >= 15 is 0 Å². The summed E-state index contributed by atoms with van der Waals surface area (Å²) in [5.74, 6) is 2.71. The van der Waals surface area contributed by atoms with Gasteiger partial charge in [-0.05, 0) is 36.5 Å². The molecule has 0 amide bonds. The van der Waals surface area contributed by atoms with Crippen molar-refractivity contribution in [1.82, 2.24) is 5.32 Å². The fraction of sp³-hybridized carbons (Fsp3) is 0.500. The summed E-state index contributed by atoms with van der Waals surface area (Å²) in [6.45, 7) is 1.46. The van der Waals surface area contributed by atoms with Gasteiger partial charge in [0.25, 0.3) is 0 Å². The Morgan fingerprint density at radius 3 is 2.68 bits per heavy atom. The number of nitrogens with two attached hydrogens (primary N) is 1. The number of nitrogens with one attached hydrogen (secondary N) is 1. The van der Waals surface area contributed by atoms with Gasteiger partial charge in [0.15, 0.2) is 17.5 Å². The molecule has 0 bridgehead atoms. The number of ether oxygens (including phenoxy) is 2. The largest absolute Gasteiger partial charge is 0.493 e. The van der Waals surface area contributed by atoms with Crippen molar-refractivity contribution in [1.29, 1.82) is 0 Å². The van der Waals surface area contributed by atoms with Crippen LogP contribution in [-0.4, -0.2) is 26.7 Å². The lowest BCUT2D eigenvalue weighted by Gasteiger charge is -2.09. The van der Waals surface area contributed by atoms with Crippen molar-refractivity contribution in [3.05, 3.63) is 23.8 Å². The van der Waals surface area contributed by atoms with Gasteiger partial charge >= 0.3 is 0 Å². The van der Waals surface area contributed by atoms with Crippen LogP contribution in [0.5, 0.6) is 11.5 Å². The molecule has 0 radical (unpaired) electrons. The first-order chi connectivity index (χ1) is 9.22. The second-order valence-corrected chi connectivity index (χ2v) is 4.72. The van der Waals surface area contributed by atoms with Crippen molar-refractivity contribution >= 4 is 5.96 Å². The summed E-state index contributed by atoms with van der Waals surface area (Å²) in [6, 6.07) is 5.74. The lowest BCUT2D eigenvalue weighted by atomic mass is 10.2. The molecule has 1 aromatic carbocycles. The molecule has 0 saturated heterocycles. The monoisotopic (exact) mass is 263 g/mol. The van der Waals surface area contributed by atoms with E-state index in [2.05, 4.69) is 10.3 Å². The Hall–Kier alpha value is -1.91. The van der Waals surface area contributed by atoms with Crippen molar-refractivity contribution in [3.63, 3.8) is 0 Å². The minimum absolute atomic E-state index is 0.502. The summed E-state index contributed by atoms with van der Waals surface area (Å²) >= 11 is 0. The standard InChI is InChI=1S/C14H21N3O2/c1-18-12-6-5-11(7-13(12)19-2)9-17-14(15)16-8-10-3-4-10/h5-7,10H,3-4,8-9H2,1-2H3,(H3,15,16,17). The molecule has 3 N–H and O–H groups in total. The van der Waals surface area contributed by atoms with E-state index in [1.54, 1.807) is 14.2 Å². The highest BCUT2D eigenvalue weighted by Crippen LogP contribution is 2.28. The van der Waals surface area contributed by atoms with Gasteiger partial charge in [-0.2, -0.15) is 0 Å². The zero-order valence-electron chi connectivity index (χ0n) is 11.5. The fourth-order valence-corrected chi connectivity index (χ4v) is 1.78. The maximum absolute atomic E-state index is 5.81. The SMILES string of the molecule is COc1ccc(CN=C(N)NCC2CC2)cc1OC. The molecule has 1 saturated carbocycles. The molecule has 0 heterocycles. The van der Waals surface area contributed by atoms with Crippen molar-refractivity contribution in [2.75, 3.05) is 20.8 Å². The second kappa shape index (κ2) is 6.31. The third-order valence-corrected chi connectivity index (χ3v) is 3.15. The van der Waals surface area contributed by atoms with Gasteiger partial charge in [-0.3, -0.25) is 0 Å². The van der Waals surface area contributed by atoms with Gasteiger partial charge < -0.3 is 20.5 Å². The number of aliphatic imine (C=N–C) groups is 1. The van der Waals surface area contributed by atoms with Gasteiger partial charge in [-0.1, -0.05) is 6.07 Å². The van der Waals surface area contributed by atoms with Crippen molar-refractivity contribution < 1.29 is 9.47 Å². The van der Waals surface area contributed by atoms with Crippen LogP contribution in [0.15, 0.2) is 23.2 Å². The highest BCUT2D eigenvalue weighted by Gasteiger charge is 2.20. The zero-order valence-corrected chi connectivity index (χ0v) is 11.5. The summed E-state index contributed by atoms with van der Waals surface area (Å²) in [7, 11) is 3.24. The second-order valence-electron chi connectivity index (χ2n) is 4.72. The maximum atomic E-state index is 5.81. The Kier molecular flexibility index (Phi) is 4.49. The number of nitrogens with zero attached hydrogens (tertiary/aromatic N) is 1. The molecule has 0 aliphatic heterocycles. The van der Waals surface area contributed by atoms with Crippen LogP contribution in [0.3, 0.4) is 0 Å². The summed E-state index contributed by atoms with van der Waals surface area (Å²) in [5, 5.41) is 3.14. The van der Waals surface area contributed by atoms with Gasteiger partial charge in [-0.25, -0.2) is 4.99 Å². The molecule has 0 unspecified atom stereocenters. The molecule has 0 atom stereocenters. The molecular weight excluding hydrogens is 242 g/mol. The van der Waals surface area contributed by atoms with Crippen LogP contribution in [-0.2, 0) is 6.54 Å². The van der Waals surface area contributed by atoms with Crippen LogP contribution in [0, 0.1) is 5.92 Å². The van der Waals surface area contributed by atoms with E-state index in [1.807, 2.05) is 18.2 Å². The fourth-order valence-electron chi connectivity index (χ4n) is 1.78. The summed E-state index contributed by atoms with van der Waals surface area (Å²) < 4.78 is 10.4. The van der Waals surface area contributed by atoms with Crippen molar-refractivity contribution in [2.24, 2.45) is 16.6 Å². The molecule has 1 fully saturated rings. The molecule has 5 heteroatoms. The minimum atomic E-state index is 0.502. The molecular formula is C14H21N3O2. The van der Waals surface area contributed by atoms with E-state index in [9.17, 15) is 0 Å². The maximum Gasteiger partial charge on any atom is 0.188 e. The van der Waals surface area contributed by atoms with Crippen LogP contribution in [0.4, 0.5) is 0 Å². The first-order valence-electron chi connectivity index (χ1n) is 6.47. The third-order valence-electron chi connectivity index (χ3n) is 3.15. The molecule has 104 valence electrons. The van der Waals surface area contributed by atoms with Crippen LogP contribution in [0.2, 0.25) is 0 Å². The molecule has 0 aromatic heterocycles. The van der Waals surface area contributed by atoms with Crippen LogP contribution in [0.1, 0.15) is 18.4 Å². The summed E-state index contributed by atoms with van der Waals surface area (Å²) in [6.07, 6.45) is 2.60. The third kappa shape index (κ3) is 4.05. The Labute approximate surface area is 113 Å². The summed E-state index contributed by atoms with van der Waals surface area (Å²) in [5.41, 5.74) is 6.84. The number of hydrogen-bond donors (Lipinski definition) is 2. The minimum Gasteiger partial charge on any atom is -0.493 e. The van der Waals surface area contributed by atoms with Crippen LogP contribution < -0.4 is 20.5 Å². The number of hydrogen-bond acceptors (Lipinski definition) is 3. The number of methoxy groups -OCH3 is 2. The lowest BCUT2D eigenvalue weighted by Crippen LogP contribution is -2.33. The van der Waals surface area contributed by atoms with Crippen LogP contribution >= 0.6 is 0 Å². The van der Waals surface area contributed by atoms with E-state index in [4.69, 9.17) is 15.2 Å².